The number of nitrogens with zero attached hydrogens (tertiary/aromatic N) is 2. The van der Waals surface area contributed by atoms with Crippen molar-refractivity contribution in [3.63, 3.8) is 0 Å². The Hall–Kier alpha value is -1.59. The maximum absolute atomic E-state index is 12.4. The van der Waals surface area contributed by atoms with Gasteiger partial charge in [-0.1, -0.05) is 0 Å². The number of nitrogens with one attached hydrogen (secondary N) is 1. The Morgan fingerprint density at radius 3 is 2.42 bits per heavy atom. The van der Waals surface area contributed by atoms with Crippen LogP contribution < -0.4 is 11.3 Å². The monoisotopic (exact) mass is 262 g/mol. The highest BCUT2D eigenvalue weighted by Crippen LogP contribution is 2.20. The van der Waals surface area contributed by atoms with Crippen molar-refractivity contribution in [2.45, 2.75) is 19.4 Å². The van der Waals surface area contributed by atoms with E-state index in [0.29, 0.717) is 5.56 Å². The summed E-state index contributed by atoms with van der Waals surface area (Å²) in [4.78, 5) is 16.7. The fourth-order valence-corrected chi connectivity index (χ4v) is 2.31. The van der Waals surface area contributed by atoms with E-state index in [1.54, 1.807) is 0 Å². The normalized spacial score (nSPS) is 19.3. The fourth-order valence-electron chi connectivity index (χ4n) is 2.31. The second-order valence-corrected chi connectivity index (χ2v) is 5.68. The number of carbonyl (C=O) groups excluding carboxylic acids is 1. The summed E-state index contributed by atoms with van der Waals surface area (Å²) in [5.41, 5.74) is 4.09. The molecule has 3 N–H and O–H groups in total. The number of piperazine rings is 1. The molecule has 1 amide bonds. The zero-order chi connectivity index (χ0) is 14.0. The summed E-state index contributed by atoms with van der Waals surface area (Å²) in [6.07, 6.45) is 0. The van der Waals surface area contributed by atoms with E-state index < -0.39 is 0 Å². The largest absolute Gasteiger partial charge is 0.336 e. The molecule has 0 atom stereocenters. The van der Waals surface area contributed by atoms with E-state index in [1.807, 2.05) is 29.2 Å². The van der Waals surface area contributed by atoms with Crippen LogP contribution in [0.15, 0.2) is 24.3 Å². The molecule has 0 aromatic heterocycles. The van der Waals surface area contributed by atoms with Crippen LogP contribution in [0.1, 0.15) is 24.2 Å². The minimum atomic E-state index is 0.0205. The molecule has 1 aromatic carbocycles. The Morgan fingerprint density at radius 2 is 1.89 bits per heavy atom. The summed E-state index contributed by atoms with van der Waals surface area (Å²) < 4.78 is 0. The molecule has 1 aliphatic rings. The van der Waals surface area contributed by atoms with Gasteiger partial charge in [0.1, 0.15) is 0 Å². The summed E-state index contributed by atoms with van der Waals surface area (Å²) in [6, 6.07) is 7.24. The molecule has 5 heteroatoms. The van der Waals surface area contributed by atoms with Gasteiger partial charge in [0.2, 0.25) is 0 Å². The minimum Gasteiger partial charge on any atom is -0.336 e. The smallest absolute Gasteiger partial charge is 0.253 e. The van der Waals surface area contributed by atoms with Crippen molar-refractivity contribution in [1.82, 2.24) is 9.80 Å². The summed E-state index contributed by atoms with van der Waals surface area (Å²) in [5, 5.41) is 0. The van der Waals surface area contributed by atoms with Crippen LogP contribution in [-0.2, 0) is 0 Å². The number of nitrogen functional groups attached to an aromatic ring is 1. The van der Waals surface area contributed by atoms with Gasteiger partial charge in [0, 0.05) is 36.4 Å². The van der Waals surface area contributed by atoms with Gasteiger partial charge >= 0.3 is 0 Å². The lowest BCUT2D eigenvalue weighted by Gasteiger charge is -2.45. The number of rotatable bonds is 2. The highest BCUT2D eigenvalue weighted by atomic mass is 16.2. The first kappa shape index (κ1) is 13.8. The molecule has 0 unspecified atom stereocenters. The number of carbonyl (C=O) groups is 1. The Kier molecular flexibility index (Phi) is 3.78. The summed E-state index contributed by atoms with van der Waals surface area (Å²) in [5.74, 6) is 5.41. The van der Waals surface area contributed by atoms with E-state index in [0.717, 1.165) is 25.3 Å². The van der Waals surface area contributed by atoms with E-state index >= 15 is 0 Å². The third kappa shape index (κ3) is 2.88. The van der Waals surface area contributed by atoms with Crippen molar-refractivity contribution in [1.29, 1.82) is 0 Å². The van der Waals surface area contributed by atoms with Gasteiger partial charge in [-0.05, 0) is 45.2 Å². The molecule has 1 saturated heterocycles. The molecule has 1 heterocycles. The molecule has 2 rings (SSSR count). The van der Waals surface area contributed by atoms with Crippen molar-refractivity contribution in [2.75, 3.05) is 32.1 Å². The number of likely N-dealkylation sites (N-methyl/N-ethyl adjacent to an activating group) is 1. The van der Waals surface area contributed by atoms with Crippen LogP contribution in [0.25, 0.3) is 0 Å². The second kappa shape index (κ2) is 5.19. The van der Waals surface area contributed by atoms with Gasteiger partial charge in [0.25, 0.3) is 5.91 Å². The second-order valence-electron chi connectivity index (χ2n) is 5.68. The number of anilines is 1. The summed E-state index contributed by atoms with van der Waals surface area (Å²) in [6.45, 7) is 6.75. The average Bonchev–Trinajstić information content (AvgIpc) is 2.41. The first-order valence-electron chi connectivity index (χ1n) is 6.51. The first-order chi connectivity index (χ1) is 8.94. The number of hydrogen-bond donors (Lipinski definition) is 2. The maximum Gasteiger partial charge on any atom is 0.253 e. The van der Waals surface area contributed by atoms with Crippen LogP contribution in [0.4, 0.5) is 5.69 Å². The van der Waals surface area contributed by atoms with Crippen LogP contribution in [0, 0.1) is 0 Å². The molecule has 1 aromatic rings. The topological polar surface area (TPSA) is 61.6 Å². The fraction of sp³-hybridized carbons (Fsp3) is 0.500. The minimum absolute atomic E-state index is 0.0205. The van der Waals surface area contributed by atoms with Crippen molar-refractivity contribution in [3.8, 4) is 0 Å². The number of benzene rings is 1. The molecule has 0 spiro atoms. The van der Waals surface area contributed by atoms with E-state index in [4.69, 9.17) is 5.84 Å². The molecule has 0 radical (unpaired) electrons. The van der Waals surface area contributed by atoms with Crippen molar-refractivity contribution < 1.29 is 4.79 Å². The van der Waals surface area contributed by atoms with Gasteiger partial charge in [-0.15, -0.1) is 0 Å². The molecule has 104 valence electrons. The van der Waals surface area contributed by atoms with Gasteiger partial charge in [-0.25, -0.2) is 0 Å². The zero-order valence-corrected chi connectivity index (χ0v) is 11.8. The van der Waals surface area contributed by atoms with Crippen LogP contribution >= 0.6 is 0 Å². The number of hydrogen-bond acceptors (Lipinski definition) is 4. The highest BCUT2D eigenvalue weighted by molar-refractivity contribution is 5.94. The van der Waals surface area contributed by atoms with Gasteiger partial charge in [-0.3, -0.25) is 15.5 Å². The molecule has 1 fully saturated rings. The van der Waals surface area contributed by atoms with Gasteiger partial charge in [0.05, 0.1) is 0 Å². The van der Waals surface area contributed by atoms with Crippen molar-refractivity contribution in [2.24, 2.45) is 5.84 Å². The van der Waals surface area contributed by atoms with E-state index in [9.17, 15) is 4.79 Å². The summed E-state index contributed by atoms with van der Waals surface area (Å²) in [7, 11) is 2.10. The SMILES string of the molecule is CN1CCN(C(=O)c2ccc(NN)cc2)CC1(C)C. The van der Waals surface area contributed by atoms with Crippen molar-refractivity contribution >= 4 is 11.6 Å². The summed E-state index contributed by atoms with van der Waals surface area (Å²) >= 11 is 0. The quantitative estimate of drug-likeness (QED) is 0.620. The van der Waals surface area contributed by atoms with Gasteiger partial charge in [-0.2, -0.15) is 0 Å². The first-order valence-corrected chi connectivity index (χ1v) is 6.51. The van der Waals surface area contributed by atoms with Crippen molar-refractivity contribution in [3.05, 3.63) is 29.8 Å². The average molecular weight is 262 g/mol. The predicted octanol–water partition coefficient (Wildman–Crippen LogP) is 1.14. The highest BCUT2D eigenvalue weighted by Gasteiger charge is 2.33. The molecule has 5 nitrogen and oxygen atoms in total. The van der Waals surface area contributed by atoms with Crippen LogP contribution in [-0.4, -0.2) is 47.9 Å². The molecule has 0 saturated carbocycles. The number of amides is 1. The zero-order valence-electron chi connectivity index (χ0n) is 11.8. The Labute approximate surface area is 114 Å². The molecule has 19 heavy (non-hydrogen) atoms. The number of nitrogens with two attached hydrogens (primary N) is 1. The standard InChI is InChI=1S/C14H22N4O/c1-14(2)10-18(9-8-17(14)3)13(19)11-4-6-12(16-15)7-5-11/h4-7,16H,8-10,15H2,1-3H3. The maximum atomic E-state index is 12.4. The third-order valence-electron chi connectivity index (χ3n) is 3.90. The molecule has 0 bridgehead atoms. The van der Waals surface area contributed by atoms with E-state index in [1.165, 1.54) is 0 Å². The lowest BCUT2D eigenvalue weighted by molar-refractivity contribution is 0.0311. The predicted molar refractivity (Wildman–Crippen MR) is 76.9 cm³/mol. The van der Waals surface area contributed by atoms with Crippen LogP contribution in [0.2, 0.25) is 0 Å². The molecular weight excluding hydrogens is 240 g/mol. The molecular formula is C14H22N4O. The van der Waals surface area contributed by atoms with Gasteiger partial charge < -0.3 is 10.3 Å². The Balaban J connectivity index is 2.11. The lowest BCUT2D eigenvalue weighted by atomic mass is 9.99. The third-order valence-corrected chi connectivity index (χ3v) is 3.90. The Bertz CT molecular complexity index is 455. The number of hydrazine groups is 1. The van der Waals surface area contributed by atoms with E-state index in [-0.39, 0.29) is 11.4 Å². The Morgan fingerprint density at radius 1 is 1.26 bits per heavy atom. The van der Waals surface area contributed by atoms with E-state index in [2.05, 4.69) is 31.2 Å². The van der Waals surface area contributed by atoms with Crippen LogP contribution in [0.3, 0.4) is 0 Å². The van der Waals surface area contributed by atoms with Gasteiger partial charge in [0.15, 0.2) is 0 Å². The molecule has 0 aliphatic carbocycles. The molecule has 1 aliphatic heterocycles. The lowest BCUT2D eigenvalue weighted by Crippen LogP contribution is -2.58. The van der Waals surface area contributed by atoms with Crippen LogP contribution in [0.5, 0.6) is 0 Å².